The van der Waals surface area contributed by atoms with Gasteiger partial charge in [-0.3, -0.25) is 5.10 Å². The Labute approximate surface area is 71.4 Å². The van der Waals surface area contributed by atoms with E-state index in [0.717, 1.165) is 5.69 Å². The number of hydrogen-bond donors (Lipinski definition) is 1. The van der Waals surface area contributed by atoms with Crippen LogP contribution in [-0.4, -0.2) is 22.1 Å². The summed E-state index contributed by atoms with van der Waals surface area (Å²) in [7, 11) is 2.04. The van der Waals surface area contributed by atoms with Crippen molar-refractivity contribution in [1.29, 1.82) is 0 Å². The van der Waals surface area contributed by atoms with Crippen molar-refractivity contribution in [3.05, 3.63) is 42.4 Å². The molecule has 0 fully saturated rings. The first-order valence-corrected chi connectivity index (χ1v) is 3.94. The predicted molar refractivity (Wildman–Crippen MR) is 47.4 cm³/mol. The smallest absolute Gasteiger partial charge is 0.0910 e. The lowest BCUT2D eigenvalue weighted by Gasteiger charge is -2.24. The number of aromatic nitrogens is 2. The van der Waals surface area contributed by atoms with Gasteiger partial charge in [-0.05, 0) is 18.3 Å². The van der Waals surface area contributed by atoms with Crippen LogP contribution in [0.3, 0.4) is 0 Å². The maximum Gasteiger partial charge on any atom is 0.0910 e. The molecule has 0 saturated carbocycles. The van der Waals surface area contributed by atoms with E-state index in [1.807, 2.05) is 37.7 Å². The summed E-state index contributed by atoms with van der Waals surface area (Å²) in [5, 5.41) is 6.95. The molecular weight excluding hydrogens is 150 g/mol. The summed E-state index contributed by atoms with van der Waals surface area (Å²) in [5.74, 6) is 0. The maximum absolute atomic E-state index is 4.14. The average molecular weight is 161 g/mol. The molecule has 0 aliphatic carbocycles. The third-order valence-corrected chi connectivity index (χ3v) is 1.99. The van der Waals surface area contributed by atoms with Gasteiger partial charge in [-0.2, -0.15) is 5.10 Å². The van der Waals surface area contributed by atoms with E-state index in [4.69, 9.17) is 0 Å². The third kappa shape index (κ3) is 1.13. The van der Waals surface area contributed by atoms with Crippen LogP contribution < -0.4 is 0 Å². The number of hydrogen-bond acceptors (Lipinski definition) is 2. The molecule has 0 saturated heterocycles. The molecule has 1 aliphatic rings. The fourth-order valence-electron chi connectivity index (χ4n) is 1.33. The quantitative estimate of drug-likeness (QED) is 0.676. The van der Waals surface area contributed by atoms with Crippen molar-refractivity contribution in [2.75, 3.05) is 7.05 Å². The monoisotopic (exact) mass is 161 g/mol. The minimum absolute atomic E-state index is 0.279. The van der Waals surface area contributed by atoms with Gasteiger partial charge < -0.3 is 4.90 Å². The highest BCUT2D eigenvalue weighted by Crippen LogP contribution is 2.20. The zero-order valence-electron chi connectivity index (χ0n) is 6.94. The second-order valence-corrected chi connectivity index (χ2v) is 2.84. The number of aromatic amines is 1. The van der Waals surface area contributed by atoms with Crippen LogP contribution in [0.15, 0.2) is 36.7 Å². The summed E-state index contributed by atoms with van der Waals surface area (Å²) in [6.45, 7) is 0. The highest BCUT2D eigenvalue weighted by Gasteiger charge is 2.14. The topological polar surface area (TPSA) is 31.9 Å². The summed E-state index contributed by atoms with van der Waals surface area (Å²) in [5.41, 5.74) is 1.05. The highest BCUT2D eigenvalue weighted by molar-refractivity contribution is 5.20. The minimum atomic E-state index is 0.279. The summed E-state index contributed by atoms with van der Waals surface area (Å²) < 4.78 is 0. The van der Waals surface area contributed by atoms with Crippen LogP contribution in [0.4, 0.5) is 0 Å². The molecule has 0 spiro atoms. The molecule has 2 heterocycles. The van der Waals surface area contributed by atoms with Crippen molar-refractivity contribution in [3.8, 4) is 0 Å². The molecule has 62 valence electrons. The molecule has 1 unspecified atom stereocenters. The molecule has 12 heavy (non-hydrogen) atoms. The van der Waals surface area contributed by atoms with Gasteiger partial charge in [0.2, 0.25) is 0 Å². The molecule has 0 bridgehead atoms. The Kier molecular flexibility index (Phi) is 1.70. The second-order valence-electron chi connectivity index (χ2n) is 2.84. The molecule has 0 aromatic carbocycles. The lowest BCUT2D eigenvalue weighted by Crippen LogP contribution is -2.19. The number of nitrogens with zero attached hydrogens (tertiary/aromatic N) is 2. The Hall–Kier alpha value is -1.51. The van der Waals surface area contributed by atoms with E-state index in [1.165, 1.54) is 0 Å². The molecule has 0 amide bonds. The second kappa shape index (κ2) is 2.85. The molecule has 1 aromatic rings. The molecule has 2 rings (SSSR count). The normalized spacial score (nSPS) is 21.8. The van der Waals surface area contributed by atoms with Crippen LogP contribution in [0.2, 0.25) is 0 Å². The Morgan fingerprint density at radius 3 is 3.08 bits per heavy atom. The Morgan fingerprint density at radius 2 is 2.42 bits per heavy atom. The Bertz CT molecular complexity index is 298. The van der Waals surface area contributed by atoms with Crippen molar-refractivity contribution in [2.45, 2.75) is 6.04 Å². The number of H-pyrrole nitrogens is 1. The Balaban J connectivity index is 2.25. The molecule has 1 atom stereocenters. The Morgan fingerprint density at radius 1 is 1.50 bits per heavy atom. The molecule has 3 nitrogen and oxygen atoms in total. The van der Waals surface area contributed by atoms with Crippen LogP contribution in [0, 0.1) is 0 Å². The van der Waals surface area contributed by atoms with E-state index < -0.39 is 0 Å². The van der Waals surface area contributed by atoms with Gasteiger partial charge in [0, 0.05) is 13.2 Å². The number of allylic oxidation sites excluding steroid dienone is 2. The van der Waals surface area contributed by atoms with Gasteiger partial charge in [-0.1, -0.05) is 12.2 Å². The van der Waals surface area contributed by atoms with Gasteiger partial charge in [0.15, 0.2) is 0 Å². The van der Waals surface area contributed by atoms with E-state index in [0.29, 0.717) is 0 Å². The van der Waals surface area contributed by atoms with Crippen molar-refractivity contribution in [3.63, 3.8) is 0 Å². The SMILES string of the molecule is CN1C=CC=CC1c1cc[nH]n1. The molecule has 0 radical (unpaired) electrons. The maximum atomic E-state index is 4.14. The number of nitrogens with one attached hydrogen (secondary N) is 1. The predicted octanol–water partition coefficient (Wildman–Crippen LogP) is 1.47. The van der Waals surface area contributed by atoms with Gasteiger partial charge >= 0.3 is 0 Å². The van der Waals surface area contributed by atoms with Crippen molar-refractivity contribution in [1.82, 2.24) is 15.1 Å². The number of likely N-dealkylation sites (N-methyl/N-ethyl adjacent to an activating group) is 1. The fourth-order valence-corrected chi connectivity index (χ4v) is 1.33. The van der Waals surface area contributed by atoms with Crippen LogP contribution in [0.5, 0.6) is 0 Å². The van der Waals surface area contributed by atoms with Gasteiger partial charge in [0.25, 0.3) is 0 Å². The zero-order chi connectivity index (χ0) is 8.39. The van der Waals surface area contributed by atoms with E-state index >= 15 is 0 Å². The third-order valence-electron chi connectivity index (χ3n) is 1.99. The number of rotatable bonds is 1. The molecule has 3 heteroatoms. The first kappa shape index (κ1) is 7.16. The van der Waals surface area contributed by atoms with Gasteiger partial charge in [-0.15, -0.1) is 0 Å². The van der Waals surface area contributed by atoms with E-state index in [-0.39, 0.29) is 6.04 Å². The highest BCUT2D eigenvalue weighted by atomic mass is 15.2. The summed E-state index contributed by atoms with van der Waals surface area (Å²) in [4.78, 5) is 2.12. The van der Waals surface area contributed by atoms with E-state index in [1.54, 1.807) is 0 Å². The van der Waals surface area contributed by atoms with Crippen LogP contribution in [0.25, 0.3) is 0 Å². The van der Waals surface area contributed by atoms with Crippen molar-refractivity contribution < 1.29 is 0 Å². The fraction of sp³-hybridized carbons (Fsp3) is 0.222. The lowest BCUT2D eigenvalue weighted by molar-refractivity contribution is 0.382. The molecule has 1 aliphatic heterocycles. The van der Waals surface area contributed by atoms with Gasteiger partial charge in [0.05, 0.1) is 11.7 Å². The van der Waals surface area contributed by atoms with E-state index in [2.05, 4.69) is 21.2 Å². The summed E-state index contributed by atoms with van der Waals surface area (Å²) in [6, 6.07) is 2.27. The van der Waals surface area contributed by atoms with Crippen LogP contribution in [-0.2, 0) is 0 Å². The van der Waals surface area contributed by atoms with E-state index in [9.17, 15) is 0 Å². The standard InChI is InChI=1S/C9H11N3/c1-12-7-3-2-4-9(12)8-5-6-10-11-8/h2-7,9H,1H3,(H,10,11). The van der Waals surface area contributed by atoms with Crippen molar-refractivity contribution in [2.24, 2.45) is 0 Å². The lowest BCUT2D eigenvalue weighted by atomic mass is 10.1. The molecule has 1 N–H and O–H groups in total. The van der Waals surface area contributed by atoms with Crippen molar-refractivity contribution >= 4 is 0 Å². The zero-order valence-corrected chi connectivity index (χ0v) is 6.94. The summed E-state index contributed by atoms with van der Waals surface area (Å²) in [6.07, 6.45) is 10.1. The van der Waals surface area contributed by atoms with Crippen LogP contribution in [0.1, 0.15) is 11.7 Å². The van der Waals surface area contributed by atoms with Gasteiger partial charge in [-0.25, -0.2) is 0 Å². The minimum Gasteiger partial charge on any atom is -0.368 e. The molecule has 1 aromatic heterocycles. The first-order chi connectivity index (χ1) is 5.88. The molecular formula is C9H11N3. The summed E-state index contributed by atoms with van der Waals surface area (Å²) >= 11 is 0. The largest absolute Gasteiger partial charge is 0.368 e. The van der Waals surface area contributed by atoms with Gasteiger partial charge in [0.1, 0.15) is 0 Å². The first-order valence-electron chi connectivity index (χ1n) is 3.94. The van der Waals surface area contributed by atoms with Crippen LogP contribution >= 0.6 is 0 Å². The average Bonchev–Trinajstić information content (AvgIpc) is 2.57.